The molecule has 0 aliphatic heterocycles. The number of nitrogen functional groups attached to an aromatic ring is 1. The average molecular weight is 233 g/mol. The number of anilines is 2. The van der Waals surface area contributed by atoms with Gasteiger partial charge in [-0.2, -0.15) is 0 Å². The van der Waals surface area contributed by atoms with Gasteiger partial charge >= 0.3 is 5.76 Å². The maximum atomic E-state index is 11.0. The van der Waals surface area contributed by atoms with Crippen LogP contribution in [0.2, 0.25) is 0 Å². The molecule has 2 atom stereocenters. The van der Waals surface area contributed by atoms with Crippen LogP contribution in [-0.2, 0) is 0 Å². The molecule has 17 heavy (non-hydrogen) atoms. The summed E-state index contributed by atoms with van der Waals surface area (Å²) in [5.41, 5.74) is 8.53. The maximum Gasteiger partial charge on any atom is 0.417 e. The largest absolute Gasteiger partial charge is 0.417 e. The van der Waals surface area contributed by atoms with Gasteiger partial charge in [0.25, 0.3) is 0 Å². The first-order valence-electron chi connectivity index (χ1n) is 5.79. The number of aromatic nitrogens is 1. The summed E-state index contributed by atoms with van der Waals surface area (Å²) in [7, 11) is 0. The van der Waals surface area contributed by atoms with Crippen molar-refractivity contribution >= 4 is 22.5 Å². The molecule has 0 bridgehead atoms. The fourth-order valence-corrected chi connectivity index (χ4v) is 2.09. The fourth-order valence-electron chi connectivity index (χ4n) is 2.09. The first-order valence-corrected chi connectivity index (χ1v) is 5.79. The van der Waals surface area contributed by atoms with E-state index in [-0.39, 0.29) is 0 Å². The van der Waals surface area contributed by atoms with Crippen molar-refractivity contribution in [3.8, 4) is 0 Å². The van der Waals surface area contributed by atoms with Crippen molar-refractivity contribution in [1.82, 2.24) is 4.98 Å². The zero-order chi connectivity index (χ0) is 12.0. The van der Waals surface area contributed by atoms with Gasteiger partial charge in [-0.1, -0.05) is 6.92 Å². The van der Waals surface area contributed by atoms with Gasteiger partial charge in [0.1, 0.15) is 0 Å². The molecule has 90 valence electrons. The summed E-state index contributed by atoms with van der Waals surface area (Å²) in [6, 6.07) is 3.49. The lowest BCUT2D eigenvalue weighted by atomic mass is 10.2. The topological polar surface area (TPSA) is 84.0 Å². The van der Waals surface area contributed by atoms with Crippen molar-refractivity contribution in [1.29, 1.82) is 0 Å². The smallest absolute Gasteiger partial charge is 0.408 e. The van der Waals surface area contributed by atoms with Crippen LogP contribution in [0.1, 0.15) is 13.3 Å². The molecule has 0 radical (unpaired) electrons. The molecule has 1 aromatic carbocycles. The summed E-state index contributed by atoms with van der Waals surface area (Å²) in [5.74, 6) is 1.10. The Labute approximate surface area is 98.0 Å². The van der Waals surface area contributed by atoms with Gasteiger partial charge < -0.3 is 15.5 Å². The molecule has 3 rings (SSSR count). The number of oxazole rings is 1. The molecule has 0 spiro atoms. The number of nitrogens with two attached hydrogens (primary N) is 1. The highest BCUT2D eigenvalue weighted by Crippen LogP contribution is 2.38. The fraction of sp³-hybridized carbons (Fsp3) is 0.417. The summed E-state index contributed by atoms with van der Waals surface area (Å²) in [6.45, 7) is 3.17. The van der Waals surface area contributed by atoms with Crippen LogP contribution >= 0.6 is 0 Å². The molecule has 2 aromatic rings. The van der Waals surface area contributed by atoms with Crippen LogP contribution in [0.15, 0.2) is 21.3 Å². The minimum absolute atomic E-state index is 0.452. The maximum absolute atomic E-state index is 11.0. The quantitative estimate of drug-likeness (QED) is 0.705. The third-order valence-electron chi connectivity index (χ3n) is 3.42. The molecule has 1 aliphatic rings. The Bertz CT molecular complexity index is 614. The van der Waals surface area contributed by atoms with Gasteiger partial charge in [-0.05, 0) is 24.3 Å². The predicted molar refractivity (Wildman–Crippen MR) is 67.0 cm³/mol. The molecule has 0 saturated heterocycles. The molecule has 4 N–H and O–H groups in total. The molecule has 0 amide bonds. The van der Waals surface area contributed by atoms with E-state index in [0.717, 1.165) is 24.1 Å². The molecule has 1 saturated carbocycles. The predicted octanol–water partition coefficient (Wildman–Crippen LogP) is 1.77. The van der Waals surface area contributed by atoms with E-state index >= 15 is 0 Å². The molecule has 5 heteroatoms. The van der Waals surface area contributed by atoms with Crippen molar-refractivity contribution in [2.75, 3.05) is 17.6 Å². The second-order valence-electron chi connectivity index (χ2n) is 4.80. The number of hydrogen-bond donors (Lipinski definition) is 3. The summed E-state index contributed by atoms with van der Waals surface area (Å²) in [5, 5.41) is 3.32. The van der Waals surface area contributed by atoms with Gasteiger partial charge in [0.15, 0.2) is 5.58 Å². The minimum Gasteiger partial charge on any atom is -0.408 e. The third kappa shape index (κ3) is 1.88. The van der Waals surface area contributed by atoms with Gasteiger partial charge in [0.2, 0.25) is 0 Å². The Morgan fingerprint density at radius 2 is 2.35 bits per heavy atom. The highest BCUT2D eigenvalue weighted by Gasteiger charge is 2.31. The van der Waals surface area contributed by atoms with E-state index in [1.54, 1.807) is 6.07 Å². The number of hydrogen-bond acceptors (Lipinski definition) is 4. The summed E-state index contributed by atoms with van der Waals surface area (Å²) in [6.07, 6.45) is 1.28. The van der Waals surface area contributed by atoms with Crippen LogP contribution in [0.4, 0.5) is 11.4 Å². The van der Waals surface area contributed by atoms with Crippen molar-refractivity contribution in [3.63, 3.8) is 0 Å². The van der Waals surface area contributed by atoms with E-state index in [9.17, 15) is 4.79 Å². The molecule has 1 aliphatic carbocycles. The van der Waals surface area contributed by atoms with Crippen molar-refractivity contribution in [2.24, 2.45) is 11.8 Å². The Balaban J connectivity index is 1.87. The number of aromatic amines is 1. The lowest BCUT2D eigenvalue weighted by Crippen LogP contribution is -2.06. The highest BCUT2D eigenvalue weighted by atomic mass is 16.4. The van der Waals surface area contributed by atoms with E-state index < -0.39 is 5.76 Å². The van der Waals surface area contributed by atoms with E-state index in [1.807, 2.05) is 6.07 Å². The molecule has 5 nitrogen and oxygen atoms in total. The van der Waals surface area contributed by atoms with E-state index in [1.165, 1.54) is 6.42 Å². The Morgan fingerprint density at radius 3 is 3.06 bits per heavy atom. The molecule has 1 heterocycles. The summed E-state index contributed by atoms with van der Waals surface area (Å²) < 4.78 is 4.94. The summed E-state index contributed by atoms with van der Waals surface area (Å²) in [4.78, 5) is 13.7. The minimum atomic E-state index is -0.452. The number of H-pyrrole nitrogens is 1. The first-order chi connectivity index (χ1) is 8.13. The number of rotatable bonds is 3. The van der Waals surface area contributed by atoms with Crippen molar-refractivity contribution < 1.29 is 4.42 Å². The number of nitrogens with one attached hydrogen (secondary N) is 2. The molecule has 2 unspecified atom stereocenters. The van der Waals surface area contributed by atoms with Gasteiger partial charge in [-0.15, -0.1) is 0 Å². The second kappa shape index (κ2) is 3.55. The lowest BCUT2D eigenvalue weighted by Gasteiger charge is -2.08. The van der Waals surface area contributed by atoms with Crippen LogP contribution in [0.3, 0.4) is 0 Å². The monoisotopic (exact) mass is 233 g/mol. The normalized spacial score (nSPS) is 22.9. The summed E-state index contributed by atoms with van der Waals surface area (Å²) >= 11 is 0. The Morgan fingerprint density at radius 1 is 1.59 bits per heavy atom. The van der Waals surface area contributed by atoms with Gasteiger partial charge in [0, 0.05) is 12.6 Å². The van der Waals surface area contributed by atoms with Crippen LogP contribution in [0.25, 0.3) is 11.1 Å². The van der Waals surface area contributed by atoms with Gasteiger partial charge in [-0.3, -0.25) is 4.98 Å². The van der Waals surface area contributed by atoms with Crippen molar-refractivity contribution in [3.05, 3.63) is 22.7 Å². The molecular weight excluding hydrogens is 218 g/mol. The Kier molecular flexibility index (Phi) is 2.14. The SMILES string of the molecule is CC1CC1CNc1cc2[nH]c(=O)oc2cc1N. The van der Waals surface area contributed by atoms with Gasteiger partial charge in [0.05, 0.1) is 16.9 Å². The van der Waals surface area contributed by atoms with E-state index in [2.05, 4.69) is 17.2 Å². The number of benzene rings is 1. The molecule has 1 fully saturated rings. The molecule has 1 aromatic heterocycles. The lowest BCUT2D eigenvalue weighted by molar-refractivity contribution is 0.555. The second-order valence-corrected chi connectivity index (χ2v) is 4.80. The zero-order valence-corrected chi connectivity index (χ0v) is 9.62. The first kappa shape index (κ1) is 10.3. The van der Waals surface area contributed by atoms with Crippen LogP contribution in [0, 0.1) is 11.8 Å². The van der Waals surface area contributed by atoms with Crippen LogP contribution < -0.4 is 16.8 Å². The van der Waals surface area contributed by atoms with Crippen LogP contribution in [-0.4, -0.2) is 11.5 Å². The molecular formula is C12H15N3O2. The van der Waals surface area contributed by atoms with Crippen LogP contribution in [0.5, 0.6) is 0 Å². The van der Waals surface area contributed by atoms with Gasteiger partial charge in [-0.25, -0.2) is 4.79 Å². The standard InChI is InChI=1S/C12H15N3O2/c1-6-2-7(6)5-14-9-4-10-11(3-8(9)13)17-12(16)15-10/h3-4,6-7,14H,2,5,13H2,1H3,(H,15,16). The third-order valence-corrected chi connectivity index (χ3v) is 3.42. The van der Waals surface area contributed by atoms with Crippen molar-refractivity contribution in [2.45, 2.75) is 13.3 Å². The van der Waals surface area contributed by atoms with E-state index in [0.29, 0.717) is 16.8 Å². The number of fused-ring (bicyclic) bond motifs is 1. The average Bonchev–Trinajstić information content (AvgIpc) is 2.84. The highest BCUT2D eigenvalue weighted by molar-refractivity contribution is 5.85. The Hall–Kier alpha value is -1.91. The zero-order valence-electron chi connectivity index (χ0n) is 9.62. The van der Waals surface area contributed by atoms with E-state index in [4.69, 9.17) is 10.2 Å².